The summed E-state index contributed by atoms with van der Waals surface area (Å²) < 4.78 is 0. The van der Waals surface area contributed by atoms with E-state index in [4.69, 9.17) is 5.11 Å². The van der Waals surface area contributed by atoms with Crippen LogP contribution in [0.15, 0.2) is 35.7 Å². The largest absolute Gasteiger partial charge is 0.478 e. The zero-order chi connectivity index (χ0) is 13.2. The quantitative estimate of drug-likeness (QED) is 0.899. The van der Waals surface area contributed by atoms with Crippen LogP contribution in [-0.2, 0) is 0 Å². The number of carboxylic acids is 1. The molecule has 0 amide bonds. The van der Waals surface area contributed by atoms with Crippen LogP contribution < -0.4 is 0 Å². The molecular weight excluding hydrogens is 262 g/mol. The molecule has 0 saturated heterocycles. The molecule has 0 aliphatic carbocycles. The summed E-state index contributed by atoms with van der Waals surface area (Å²) in [4.78, 5) is 15.4. The van der Waals surface area contributed by atoms with Gasteiger partial charge in [-0.25, -0.2) is 9.78 Å². The molecule has 3 rings (SSSR count). The Hall–Kier alpha value is -2.08. The van der Waals surface area contributed by atoms with Crippen LogP contribution in [-0.4, -0.2) is 26.3 Å². The molecule has 0 fully saturated rings. The van der Waals surface area contributed by atoms with E-state index in [-0.39, 0.29) is 10.8 Å². The van der Waals surface area contributed by atoms with E-state index < -0.39 is 5.97 Å². The summed E-state index contributed by atoms with van der Waals surface area (Å²) in [6.07, 6.45) is 3.02. The van der Waals surface area contributed by atoms with Gasteiger partial charge in [-0.3, -0.25) is 5.10 Å². The van der Waals surface area contributed by atoms with Gasteiger partial charge in [-0.1, -0.05) is 18.2 Å². The zero-order valence-electron chi connectivity index (χ0n) is 9.91. The number of benzene rings is 1. The van der Waals surface area contributed by atoms with E-state index in [0.29, 0.717) is 5.82 Å². The fourth-order valence-electron chi connectivity index (χ4n) is 1.90. The second-order valence-corrected chi connectivity index (χ2v) is 5.27. The summed E-state index contributed by atoms with van der Waals surface area (Å²) in [6, 6.07) is 6.66. The molecular formula is C13H11N3O2S. The van der Waals surface area contributed by atoms with Crippen LogP contribution in [0.5, 0.6) is 0 Å². The van der Waals surface area contributed by atoms with Crippen molar-refractivity contribution >= 4 is 17.7 Å². The molecule has 2 heterocycles. The van der Waals surface area contributed by atoms with Gasteiger partial charge in [0.05, 0.1) is 10.8 Å². The van der Waals surface area contributed by atoms with Crippen molar-refractivity contribution in [2.45, 2.75) is 11.7 Å². The lowest BCUT2D eigenvalue weighted by Gasteiger charge is -2.01. The molecule has 5 nitrogen and oxygen atoms in total. The number of aromatic amines is 1. The summed E-state index contributed by atoms with van der Waals surface area (Å²) in [5.74, 6) is 0.411. The van der Waals surface area contributed by atoms with E-state index in [0.717, 1.165) is 17.8 Å². The number of hydrogen-bond donors (Lipinski definition) is 2. The van der Waals surface area contributed by atoms with Crippen molar-refractivity contribution in [3.05, 3.63) is 47.1 Å². The van der Waals surface area contributed by atoms with Gasteiger partial charge >= 0.3 is 5.97 Å². The second-order valence-electron chi connectivity index (χ2n) is 4.16. The molecule has 0 spiro atoms. The van der Waals surface area contributed by atoms with Crippen molar-refractivity contribution in [1.82, 2.24) is 15.2 Å². The Balaban J connectivity index is 1.90. The topological polar surface area (TPSA) is 78.9 Å². The zero-order valence-corrected chi connectivity index (χ0v) is 10.7. The highest BCUT2D eigenvalue weighted by Gasteiger charge is 2.19. The van der Waals surface area contributed by atoms with Gasteiger partial charge in [0, 0.05) is 5.56 Å². The molecule has 1 aliphatic heterocycles. The van der Waals surface area contributed by atoms with Gasteiger partial charge in [0.1, 0.15) is 0 Å². The number of allylic oxidation sites excluding steroid dienone is 1. The Labute approximate surface area is 113 Å². The van der Waals surface area contributed by atoms with E-state index in [1.54, 1.807) is 30.0 Å². The fourth-order valence-corrected chi connectivity index (χ4v) is 2.76. The maximum absolute atomic E-state index is 10.9. The standard InChI is InChI=1S/C13H11N3O2S/c17-13(18)9-4-1-3-8(7-9)11-14-12(16-15-11)10-5-2-6-19-10/h1-4,6-7,10H,5H2,(H,17,18)(H,14,15,16). The smallest absolute Gasteiger partial charge is 0.335 e. The van der Waals surface area contributed by atoms with Crippen molar-refractivity contribution in [3.8, 4) is 11.4 Å². The normalized spacial score (nSPS) is 17.8. The number of H-pyrrole nitrogens is 1. The first-order chi connectivity index (χ1) is 9.24. The third kappa shape index (κ3) is 2.39. The summed E-state index contributed by atoms with van der Waals surface area (Å²) in [5, 5.41) is 18.4. The number of aromatic nitrogens is 3. The number of nitrogens with one attached hydrogen (secondary N) is 1. The van der Waals surface area contributed by atoms with Gasteiger partial charge in [0.2, 0.25) is 0 Å². The van der Waals surface area contributed by atoms with E-state index in [1.807, 2.05) is 11.5 Å². The van der Waals surface area contributed by atoms with Gasteiger partial charge in [-0.15, -0.1) is 11.8 Å². The molecule has 1 aliphatic rings. The number of nitrogens with zero attached hydrogens (tertiary/aromatic N) is 2. The van der Waals surface area contributed by atoms with Crippen molar-refractivity contribution in [2.24, 2.45) is 0 Å². The van der Waals surface area contributed by atoms with Gasteiger partial charge in [0.25, 0.3) is 0 Å². The summed E-state index contributed by atoms with van der Waals surface area (Å²) >= 11 is 1.69. The first-order valence-corrected chi connectivity index (χ1v) is 6.75. The monoisotopic (exact) mass is 273 g/mol. The van der Waals surface area contributed by atoms with E-state index in [1.165, 1.54) is 0 Å². The maximum Gasteiger partial charge on any atom is 0.335 e. The minimum atomic E-state index is -0.947. The summed E-state index contributed by atoms with van der Waals surface area (Å²) in [5.41, 5.74) is 0.974. The lowest BCUT2D eigenvalue weighted by Crippen LogP contribution is -1.96. The van der Waals surface area contributed by atoms with Crippen LogP contribution in [0.3, 0.4) is 0 Å². The highest BCUT2D eigenvalue weighted by atomic mass is 32.2. The summed E-state index contributed by atoms with van der Waals surface area (Å²) in [6.45, 7) is 0. The SMILES string of the molecule is O=C(O)c1cccc(-c2nc(C3CC=CS3)n[nH]2)c1. The molecule has 1 unspecified atom stereocenters. The summed E-state index contributed by atoms with van der Waals surface area (Å²) in [7, 11) is 0. The highest BCUT2D eigenvalue weighted by Crippen LogP contribution is 2.36. The van der Waals surface area contributed by atoms with Crippen LogP contribution in [0.25, 0.3) is 11.4 Å². The van der Waals surface area contributed by atoms with E-state index in [9.17, 15) is 4.79 Å². The van der Waals surface area contributed by atoms with Crippen molar-refractivity contribution in [1.29, 1.82) is 0 Å². The third-order valence-electron chi connectivity index (χ3n) is 2.86. The number of carbonyl (C=O) groups is 1. The second kappa shape index (κ2) is 4.89. The molecule has 2 aromatic rings. The molecule has 1 aromatic carbocycles. The Morgan fingerprint density at radius 1 is 1.47 bits per heavy atom. The van der Waals surface area contributed by atoms with E-state index in [2.05, 4.69) is 21.3 Å². The van der Waals surface area contributed by atoms with Crippen LogP contribution in [0, 0.1) is 0 Å². The molecule has 1 atom stereocenters. The molecule has 0 radical (unpaired) electrons. The average molecular weight is 273 g/mol. The number of aromatic carboxylic acids is 1. The lowest BCUT2D eigenvalue weighted by molar-refractivity contribution is 0.0697. The average Bonchev–Trinajstić information content (AvgIpc) is 3.09. The van der Waals surface area contributed by atoms with Gasteiger partial charge < -0.3 is 5.11 Å². The Bertz CT molecular complexity index is 643. The Morgan fingerprint density at radius 3 is 3.11 bits per heavy atom. The molecule has 1 aromatic heterocycles. The number of rotatable bonds is 3. The van der Waals surface area contributed by atoms with Gasteiger partial charge in [0.15, 0.2) is 11.6 Å². The minimum Gasteiger partial charge on any atom is -0.478 e. The first-order valence-electron chi connectivity index (χ1n) is 5.80. The minimum absolute atomic E-state index is 0.243. The molecule has 96 valence electrons. The maximum atomic E-state index is 10.9. The molecule has 0 saturated carbocycles. The van der Waals surface area contributed by atoms with Crippen molar-refractivity contribution in [2.75, 3.05) is 0 Å². The van der Waals surface area contributed by atoms with E-state index >= 15 is 0 Å². The highest BCUT2D eigenvalue weighted by molar-refractivity contribution is 8.02. The van der Waals surface area contributed by atoms with Gasteiger partial charge in [-0.05, 0) is 24.0 Å². The van der Waals surface area contributed by atoms with Crippen LogP contribution in [0.2, 0.25) is 0 Å². The molecule has 19 heavy (non-hydrogen) atoms. The Kier molecular flexibility index (Phi) is 3.08. The lowest BCUT2D eigenvalue weighted by atomic mass is 10.1. The van der Waals surface area contributed by atoms with Crippen molar-refractivity contribution < 1.29 is 9.90 Å². The first kappa shape index (κ1) is 12.0. The van der Waals surface area contributed by atoms with Crippen LogP contribution in [0.1, 0.15) is 27.9 Å². The number of hydrogen-bond acceptors (Lipinski definition) is 4. The predicted octanol–water partition coefficient (Wildman–Crippen LogP) is 2.86. The predicted molar refractivity (Wildman–Crippen MR) is 72.9 cm³/mol. The molecule has 6 heteroatoms. The van der Waals surface area contributed by atoms with Gasteiger partial charge in [-0.2, -0.15) is 5.10 Å². The third-order valence-corrected chi connectivity index (χ3v) is 3.94. The molecule has 0 bridgehead atoms. The van der Waals surface area contributed by atoms with Crippen LogP contribution in [0.4, 0.5) is 0 Å². The van der Waals surface area contributed by atoms with Crippen LogP contribution >= 0.6 is 11.8 Å². The van der Waals surface area contributed by atoms with Crippen molar-refractivity contribution in [3.63, 3.8) is 0 Å². The fraction of sp³-hybridized carbons (Fsp3) is 0.154. The number of thioether (sulfide) groups is 1. The molecule has 2 N–H and O–H groups in total. The number of carboxylic acid groups (broad SMARTS) is 1. The Morgan fingerprint density at radius 2 is 2.37 bits per heavy atom.